The predicted molar refractivity (Wildman–Crippen MR) is 88.3 cm³/mol. The van der Waals surface area contributed by atoms with E-state index in [1.165, 1.54) is 23.9 Å². The minimum Gasteiger partial charge on any atom is -0.274 e. The van der Waals surface area contributed by atoms with Crippen LogP contribution in [0.5, 0.6) is 0 Å². The van der Waals surface area contributed by atoms with Crippen LogP contribution in [0, 0.1) is 17.0 Å². The van der Waals surface area contributed by atoms with E-state index < -0.39 is 4.92 Å². The topological polar surface area (TPSA) is 73.8 Å². The molecule has 0 saturated heterocycles. The zero-order valence-electron chi connectivity index (χ0n) is 12.0. The molecule has 1 aromatic heterocycles. The molecular formula is C15H11ClN4O2S. The molecule has 0 unspecified atom stereocenters. The normalized spacial score (nSPS) is 10.7. The number of halogens is 1. The Hall–Kier alpha value is -2.38. The number of para-hydroxylation sites is 1. The number of aromatic nitrogens is 3. The largest absolute Gasteiger partial charge is 0.274 e. The number of benzene rings is 2. The monoisotopic (exact) mass is 346 g/mol. The first-order chi connectivity index (χ1) is 11.1. The van der Waals surface area contributed by atoms with Gasteiger partial charge < -0.3 is 0 Å². The van der Waals surface area contributed by atoms with E-state index >= 15 is 0 Å². The van der Waals surface area contributed by atoms with Gasteiger partial charge in [-0.05, 0) is 36.9 Å². The minimum atomic E-state index is -0.475. The maximum Gasteiger partial charge on any atom is 0.270 e. The Morgan fingerprint density at radius 1 is 1.17 bits per heavy atom. The second kappa shape index (κ2) is 6.39. The minimum absolute atomic E-state index is 0.0416. The molecule has 0 atom stereocenters. The maximum absolute atomic E-state index is 10.8. The molecule has 0 N–H and O–H groups in total. The van der Waals surface area contributed by atoms with Gasteiger partial charge in [0.1, 0.15) is 5.82 Å². The molecule has 0 saturated carbocycles. The van der Waals surface area contributed by atoms with Gasteiger partial charge in [-0.15, -0.1) is 10.2 Å². The Labute approximate surface area is 141 Å². The van der Waals surface area contributed by atoms with E-state index in [2.05, 4.69) is 10.2 Å². The van der Waals surface area contributed by atoms with Gasteiger partial charge in [0.05, 0.1) is 9.95 Å². The molecule has 0 bridgehead atoms. The van der Waals surface area contributed by atoms with Crippen molar-refractivity contribution < 1.29 is 4.92 Å². The van der Waals surface area contributed by atoms with Crippen LogP contribution in [-0.4, -0.2) is 19.7 Å². The highest BCUT2D eigenvalue weighted by atomic mass is 35.5. The first kappa shape index (κ1) is 15.5. The third-order valence-corrected chi connectivity index (χ3v) is 4.58. The lowest BCUT2D eigenvalue weighted by atomic mass is 10.3. The fourth-order valence-electron chi connectivity index (χ4n) is 2.07. The predicted octanol–water partition coefficient (Wildman–Crippen LogP) is 4.29. The standard InChI is InChI=1S/C15H11ClN4O2S/c1-10-17-18-15(19(10)11-5-3-2-4-6-11)23-14-8-7-12(20(21)22)9-13(14)16/h2-9H,1H3. The van der Waals surface area contributed by atoms with Gasteiger partial charge in [0.25, 0.3) is 5.69 Å². The zero-order chi connectivity index (χ0) is 16.4. The van der Waals surface area contributed by atoms with Crippen molar-refractivity contribution in [1.82, 2.24) is 14.8 Å². The third kappa shape index (κ3) is 3.20. The van der Waals surface area contributed by atoms with E-state index in [1.54, 1.807) is 6.07 Å². The summed E-state index contributed by atoms with van der Waals surface area (Å²) in [6.07, 6.45) is 0. The molecule has 116 valence electrons. The van der Waals surface area contributed by atoms with E-state index in [9.17, 15) is 10.1 Å². The van der Waals surface area contributed by atoms with Gasteiger partial charge in [-0.2, -0.15) is 0 Å². The van der Waals surface area contributed by atoms with Crippen molar-refractivity contribution in [1.29, 1.82) is 0 Å². The highest BCUT2D eigenvalue weighted by Gasteiger charge is 2.15. The number of non-ortho nitro benzene ring substituents is 1. The molecular weight excluding hydrogens is 336 g/mol. The van der Waals surface area contributed by atoms with Gasteiger partial charge in [0.2, 0.25) is 5.16 Å². The summed E-state index contributed by atoms with van der Waals surface area (Å²) in [5.41, 5.74) is 0.899. The van der Waals surface area contributed by atoms with Crippen molar-refractivity contribution in [3.05, 3.63) is 69.5 Å². The second-order valence-electron chi connectivity index (χ2n) is 4.67. The van der Waals surface area contributed by atoms with Crippen LogP contribution in [0.25, 0.3) is 5.69 Å². The molecule has 0 fully saturated rings. The smallest absolute Gasteiger partial charge is 0.270 e. The maximum atomic E-state index is 10.8. The third-order valence-electron chi connectivity index (χ3n) is 3.14. The summed E-state index contributed by atoms with van der Waals surface area (Å²) in [6, 6.07) is 14.1. The van der Waals surface area contributed by atoms with Crippen LogP contribution in [0.15, 0.2) is 58.6 Å². The fourth-order valence-corrected chi connectivity index (χ4v) is 3.26. The number of nitro groups is 1. The molecule has 1 heterocycles. The van der Waals surface area contributed by atoms with Crippen molar-refractivity contribution in [2.24, 2.45) is 0 Å². The highest BCUT2D eigenvalue weighted by Crippen LogP contribution is 2.35. The summed E-state index contributed by atoms with van der Waals surface area (Å²) in [4.78, 5) is 11.0. The molecule has 2 aromatic carbocycles. The van der Waals surface area contributed by atoms with E-state index in [0.717, 1.165) is 11.5 Å². The van der Waals surface area contributed by atoms with E-state index in [4.69, 9.17) is 11.6 Å². The lowest BCUT2D eigenvalue weighted by Gasteiger charge is -2.08. The zero-order valence-corrected chi connectivity index (χ0v) is 13.6. The van der Waals surface area contributed by atoms with Crippen LogP contribution < -0.4 is 0 Å². The molecule has 0 radical (unpaired) electrons. The van der Waals surface area contributed by atoms with Gasteiger partial charge >= 0.3 is 0 Å². The number of rotatable bonds is 4. The highest BCUT2D eigenvalue weighted by molar-refractivity contribution is 7.99. The Kier molecular flexibility index (Phi) is 4.31. The van der Waals surface area contributed by atoms with Crippen molar-refractivity contribution >= 4 is 29.1 Å². The summed E-state index contributed by atoms with van der Waals surface area (Å²) in [6.45, 7) is 1.86. The summed E-state index contributed by atoms with van der Waals surface area (Å²) in [5.74, 6) is 0.747. The van der Waals surface area contributed by atoms with Crippen LogP contribution in [-0.2, 0) is 0 Å². The van der Waals surface area contributed by atoms with Gasteiger partial charge in [-0.3, -0.25) is 14.7 Å². The van der Waals surface area contributed by atoms with Crippen LogP contribution in [0.4, 0.5) is 5.69 Å². The van der Waals surface area contributed by atoms with Gasteiger partial charge in [0.15, 0.2) is 0 Å². The summed E-state index contributed by atoms with van der Waals surface area (Å²) < 4.78 is 1.91. The van der Waals surface area contributed by atoms with Crippen LogP contribution in [0.2, 0.25) is 5.02 Å². The molecule has 0 spiro atoms. The molecule has 0 aliphatic carbocycles. The number of aryl methyl sites for hydroxylation is 1. The number of hydrogen-bond acceptors (Lipinski definition) is 5. The number of nitro benzene ring substituents is 1. The van der Waals surface area contributed by atoms with E-state index in [1.807, 2.05) is 41.8 Å². The average Bonchev–Trinajstić information content (AvgIpc) is 2.90. The van der Waals surface area contributed by atoms with Crippen molar-refractivity contribution in [3.63, 3.8) is 0 Å². The van der Waals surface area contributed by atoms with Gasteiger partial charge in [-0.1, -0.05) is 29.8 Å². The molecule has 3 rings (SSSR count). The molecule has 23 heavy (non-hydrogen) atoms. The van der Waals surface area contributed by atoms with E-state index in [0.29, 0.717) is 15.1 Å². The van der Waals surface area contributed by atoms with Gasteiger partial charge in [0, 0.05) is 22.7 Å². The Morgan fingerprint density at radius 3 is 2.57 bits per heavy atom. The fraction of sp³-hybridized carbons (Fsp3) is 0.0667. The van der Waals surface area contributed by atoms with Crippen LogP contribution >= 0.6 is 23.4 Å². The lowest BCUT2D eigenvalue weighted by Crippen LogP contribution is -1.98. The molecule has 0 aliphatic heterocycles. The molecule has 0 amide bonds. The summed E-state index contributed by atoms with van der Waals surface area (Å²) >= 11 is 7.46. The molecule has 8 heteroatoms. The first-order valence-electron chi connectivity index (χ1n) is 6.65. The average molecular weight is 347 g/mol. The molecule has 6 nitrogen and oxygen atoms in total. The van der Waals surface area contributed by atoms with Crippen LogP contribution in [0.1, 0.15) is 5.82 Å². The number of nitrogens with zero attached hydrogens (tertiary/aromatic N) is 4. The van der Waals surface area contributed by atoms with Gasteiger partial charge in [-0.25, -0.2) is 0 Å². The molecule has 3 aromatic rings. The molecule has 0 aliphatic rings. The lowest BCUT2D eigenvalue weighted by molar-refractivity contribution is -0.384. The van der Waals surface area contributed by atoms with Crippen LogP contribution in [0.3, 0.4) is 0 Å². The van der Waals surface area contributed by atoms with Crippen molar-refractivity contribution in [2.75, 3.05) is 0 Å². The Balaban J connectivity index is 1.97. The summed E-state index contributed by atoms with van der Waals surface area (Å²) in [7, 11) is 0. The first-order valence-corrected chi connectivity index (χ1v) is 7.85. The summed E-state index contributed by atoms with van der Waals surface area (Å²) in [5, 5.41) is 20.0. The SMILES string of the molecule is Cc1nnc(Sc2ccc([N+](=O)[O-])cc2Cl)n1-c1ccccc1. The van der Waals surface area contributed by atoms with Crippen molar-refractivity contribution in [2.45, 2.75) is 17.0 Å². The quantitative estimate of drug-likeness (QED) is 0.520. The van der Waals surface area contributed by atoms with Crippen molar-refractivity contribution in [3.8, 4) is 5.69 Å². The Morgan fingerprint density at radius 2 is 1.91 bits per heavy atom. The Bertz CT molecular complexity index is 867. The van der Waals surface area contributed by atoms with E-state index in [-0.39, 0.29) is 5.69 Å². The second-order valence-corrected chi connectivity index (χ2v) is 6.09. The number of hydrogen-bond donors (Lipinski definition) is 0.